The molecule has 300 valence electrons. The molecule has 0 aromatic carbocycles. The first-order valence-electron chi connectivity index (χ1n) is 22.6. The molecule has 0 radical (unpaired) electrons. The van der Waals surface area contributed by atoms with Crippen LogP contribution in [0.5, 0.6) is 0 Å². The number of carbonyl (C=O) groups is 2. The van der Waals surface area contributed by atoms with Crippen molar-refractivity contribution in [2.24, 2.45) is 5.92 Å². The molecule has 3 heteroatoms. The van der Waals surface area contributed by atoms with E-state index in [-0.39, 0.29) is 11.7 Å². The van der Waals surface area contributed by atoms with Gasteiger partial charge in [-0.25, -0.2) is 0 Å². The molecular weight excluding hydrogens is 625 g/mol. The highest BCUT2D eigenvalue weighted by atomic mass is 16.3. The van der Waals surface area contributed by atoms with Gasteiger partial charge >= 0.3 is 0 Å². The van der Waals surface area contributed by atoms with Gasteiger partial charge in [0.25, 0.3) is 0 Å². The molecule has 0 saturated heterocycles. The van der Waals surface area contributed by atoms with Crippen LogP contribution >= 0.6 is 0 Å². The Hall–Kier alpha value is -1.48. The minimum absolute atomic E-state index is 0.185. The van der Waals surface area contributed by atoms with Crippen LogP contribution in [-0.4, -0.2) is 23.8 Å². The summed E-state index contributed by atoms with van der Waals surface area (Å²) in [6.45, 7) is 11.6. The molecule has 0 heterocycles. The quantitative estimate of drug-likeness (QED) is 0.0296. The number of aldehydes is 1. The molecule has 51 heavy (non-hydrogen) atoms. The van der Waals surface area contributed by atoms with Crippen LogP contribution in [0, 0.1) is 5.92 Å². The Morgan fingerprint density at radius 1 is 0.392 bits per heavy atom. The Morgan fingerprint density at radius 2 is 0.647 bits per heavy atom. The van der Waals surface area contributed by atoms with E-state index in [1.54, 1.807) is 0 Å². The van der Waals surface area contributed by atoms with E-state index in [2.05, 4.69) is 19.7 Å². The molecule has 0 rings (SSSR count). The number of hydrogen-bond acceptors (Lipinski definition) is 3. The van der Waals surface area contributed by atoms with Gasteiger partial charge in [0.05, 0.1) is 5.92 Å². The zero-order valence-electron chi connectivity index (χ0n) is 34.3. The van der Waals surface area contributed by atoms with Crippen LogP contribution in [0.3, 0.4) is 0 Å². The number of hydrogen-bond donors (Lipinski definition) is 1. The summed E-state index contributed by atoms with van der Waals surface area (Å²) < 4.78 is 0. The maximum Gasteiger partial charge on any atom is 0.143 e. The van der Waals surface area contributed by atoms with Crippen molar-refractivity contribution in [2.45, 2.75) is 244 Å². The maximum absolute atomic E-state index is 12.4. The van der Waals surface area contributed by atoms with Crippen molar-refractivity contribution in [1.29, 1.82) is 0 Å². The van der Waals surface area contributed by atoms with Crippen molar-refractivity contribution >= 4 is 12.1 Å². The van der Waals surface area contributed by atoms with E-state index >= 15 is 0 Å². The maximum atomic E-state index is 12.4. The first kappa shape index (κ1) is 51.6. The van der Waals surface area contributed by atoms with E-state index in [4.69, 9.17) is 5.11 Å². The van der Waals surface area contributed by atoms with Gasteiger partial charge in [0, 0.05) is 13.0 Å². The molecule has 0 amide bonds. The van der Waals surface area contributed by atoms with Gasteiger partial charge in [-0.05, 0) is 57.8 Å². The van der Waals surface area contributed by atoms with Gasteiger partial charge in [0.15, 0.2) is 0 Å². The molecule has 1 atom stereocenters. The minimum Gasteiger partial charge on any atom is -0.396 e. The molecule has 0 aliphatic rings. The molecule has 0 aliphatic carbocycles. The summed E-state index contributed by atoms with van der Waals surface area (Å²) in [5.41, 5.74) is 0. The van der Waals surface area contributed by atoms with Gasteiger partial charge in [-0.1, -0.05) is 198 Å². The van der Waals surface area contributed by atoms with Crippen LogP contribution in [0.4, 0.5) is 0 Å². The van der Waals surface area contributed by atoms with Gasteiger partial charge < -0.3 is 9.90 Å². The van der Waals surface area contributed by atoms with E-state index in [9.17, 15) is 9.59 Å². The molecular formula is C48H90O3. The first-order valence-corrected chi connectivity index (χ1v) is 22.6. The monoisotopic (exact) mass is 715 g/mol. The van der Waals surface area contributed by atoms with E-state index in [1.807, 2.05) is 18.2 Å². The molecule has 0 aromatic rings. The molecule has 0 aliphatic heterocycles. The van der Waals surface area contributed by atoms with Crippen molar-refractivity contribution in [2.75, 3.05) is 6.61 Å². The summed E-state index contributed by atoms with van der Waals surface area (Å²) in [5.74, 6) is -0.160. The Morgan fingerprint density at radius 3 is 0.922 bits per heavy atom. The van der Waals surface area contributed by atoms with Gasteiger partial charge in [-0.15, -0.1) is 19.7 Å². The predicted molar refractivity (Wildman–Crippen MR) is 228 cm³/mol. The molecule has 0 spiro atoms. The Bertz CT molecular complexity index is 713. The first-order chi connectivity index (χ1) is 25.2. The lowest BCUT2D eigenvalue weighted by atomic mass is 9.94. The standard InChI is InChI=1S/C33H60O2.C15H30O/c1-3-5-7-9-11-13-15-17-19-21-23-25-27-29-32(31-34)33(35)30-28-26-24-22-20-18-16-14-12-10-8-6-4-2;1-2-3-4-5-6-7-8-9-10-11-12-13-14-15-16/h3-4,31-32H,1-2,5-30H2;2,16H,1,3-15H2. The van der Waals surface area contributed by atoms with E-state index in [0.29, 0.717) is 13.0 Å². The third-order valence-corrected chi connectivity index (χ3v) is 10.4. The third kappa shape index (κ3) is 46.5. The second-order valence-corrected chi connectivity index (χ2v) is 15.4. The summed E-state index contributed by atoms with van der Waals surface area (Å²) in [6.07, 6.45) is 54.6. The zero-order chi connectivity index (χ0) is 37.6. The highest BCUT2D eigenvalue weighted by Crippen LogP contribution is 2.18. The lowest BCUT2D eigenvalue weighted by Crippen LogP contribution is -2.15. The van der Waals surface area contributed by atoms with E-state index in [1.165, 1.54) is 186 Å². The van der Waals surface area contributed by atoms with Crippen LogP contribution in [0.2, 0.25) is 0 Å². The van der Waals surface area contributed by atoms with Crippen molar-refractivity contribution in [3.63, 3.8) is 0 Å². The zero-order valence-corrected chi connectivity index (χ0v) is 34.3. The Labute approximate surface area is 320 Å². The van der Waals surface area contributed by atoms with Crippen molar-refractivity contribution in [1.82, 2.24) is 0 Å². The summed E-state index contributed by atoms with van der Waals surface area (Å²) >= 11 is 0. The highest BCUT2D eigenvalue weighted by molar-refractivity contribution is 5.93. The van der Waals surface area contributed by atoms with Crippen LogP contribution < -0.4 is 0 Å². The molecule has 0 fully saturated rings. The van der Waals surface area contributed by atoms with Gasteiger partial charge in [-0.3, -0.25) is 4.79 Å². The normalized spacial score (nSPS) is 11.5. The van der Waals surface area contributed by atoms with Crippen LogP contribution in [0.1, 0.15) is 244 Å². The minimum atomic E-state index is -0.345. The van der Waals surface area contributed by atoms with E-state index < -0.39 is 0 Å². The summed E-state index contributed by atoms with van der Waals surface area (Å²) in [6, 6.07) is 0. The summed E-state index contributed by atoms with van der Waals surface area (Å²) in [4.78, 5) is 23.8. The predicted octanol–water partition coefficient (Wildman–Crippen LogP) is 15.7. The van der Waals surface area contributed by atoms with E-state index in [0.717, 1.165) is 57.7 Å². The van der Waals surface area contributed by atoms with Crippen LogP contribution in [0.25, 0.3) is 0 Å². The smallest absolute Gasteiger partial charge is 0.143 e. The molecule has 1 N–H and O–H groups in total. The lowest BCUT2D eigenvalue weighted by Gasteiger charge is -2.09. The van der Waals surface area contributed by atoms with Crippen molar-refractivity contribution < 1.29 is 14.7 Å². The Kier molecular flexibility index (Phi) is 49.1. The van der Waals surface area contributed by atoms with Gasteiger partial charge in [-0.2, -0.15) is 0 Å². The second kappa shape index (κ2) is 48.5. The lowest BCUT2D eigenvalue weighted by molar-refractivity contribution is -0.127. The van der Waals surface area contributed by atoms with Gasteiger partial charge in [0.2, 0.25) is 0 Å². The van der Waals surface area contributed by atoms with Gasteiger partial charge in [0.1, 0.15) is 12.1 Å². The number of carbonyl (C=O) groups excluding carboxylic acids is 2. The molecule has 1 unspecified atom stereocenters. The topological polar surface area (TPSA) is 54.4 Å². The Balaban J connectivity index is 0. The largest absolute Gasteiger partial charge is 0.396 e. The number of aliphatic hydroxyl groups is 1. The number of rotatable bonds is 43. The molecule has 0 aromatic heterocycles. The SMILES string of the molecule is C=CCCCCCCCCCCCCCC(=O)C(C=O)CCCCCCCCCCCCCC=C.C=CCCCCCCCCCCCCCO. The number of unbranched alkanes of at least 4 members (excludes halogenated alkanes) is 33. The third-order valence-electron chi connectivity index (χ3n) is 10.4. The van der Waals surface area contributed by atoms with Crippen LogP contribution in [-0.2, 0) is 9.59 Å². The number of aliphatic hydroxyl groups excluding tert-OH is 1. The molecule has 0 saturated carbocycles. The van der Waals surface area contributed by atoms with Crippen LogP contribution in [0.15, 0.2) is 38.0 Å². The van der Waals surface area contributed by atoms with Crippen molar-refractivity contribution in [3.8, 4) is 0 Å². The fraction of sp³-hybridized carbons (Fsp3) is 0.833. The highest BCUT2D eigenvalue weighted by Gasteiger charge is 2.16. The number of allylic oxidation sites excluding steroid dienone is 3. The second-order valence-electron chi connectivity index (χ2n) is 15.4. The summed E-state index contributed by atoms with van der Waals surface area (Å²) in [5, 5.41) is 8.62. The fourth-order valence-electron chi connectivity index (χ4n) is 6.90. The average Bonchev–Trinajstić information content (AvgIpc) is 3.14. The molecule has 3 nitrogen and oxygen atoms in total. The summed E-state index contributed by atoms with van der Waals surface area (Å²) in [7, 11) is 0. The number of ketones is 1. The fourth-order valence-corrected chi connectivity index (χ4v) is 6.90. The number of Topliss-reactive ketones (excluding diaryl/α,β-unsaturated/α-hetero) is 1. The average molecular weight is 715 g/mol. The van der Waals surface area contributed by atoms with Crippen molar-refractivity contribution in [3.05, 3.63) is 38.0 Å². The molecule has 0 bridgehead atoms.